The van der Waals surface area contributed by atoms with E-state index in [1.54, 1.807) is 0 Å². The summed E-state index contributed by atoms with van der Waals surface area (Å²) in [6.45, 7) is 4.92. The highest BCUT2D eigenvalue weighted by molar-refractivity contribution is 5.75. The molecular formula is C18H23N5. The Morgan fingerprint density at radius 3 is 2.74 bits per heavy atom. The molecule has 0 aliphatic carbocycles. The van der Waals surface area contributed by atoms with Crippen LogP contribution in [0, 0.1) is 6.92 Å². The molecule has 0 fully saturated rings. The Labute approximate surface area is 136 Å². The third kappa shape index (κ3) is 3.50. The number of imidazole rings is 1. The lowest BCUT2D eigenvalue weighted by Gasteiger charge is -2.08. The van der Waals surface area contributed by atoms with Gasteiger partial charge in [0.05, 0.1) is 11.0 Å². The van der Waals surface area contributed by atoms with Gasteiger partial charge in [-0.2, -0.15) is 0 Å². The summed E-state index contributed by atoms with van der Waals surface area (Å²) in [5.41, 5.74) is 3.33. The van der Waals surface area contributed by atoms with Gasteiger partial charge in [-0.05, 0) is 31.9 Å². The van der Waals surface area contributed by atoms with E-state index in [9.17, 15) is 0 Å². The molecule has 5 heteroatoms. The summed E-state index contributed by atoms with van der Waals surface area (Å²) in [5, 5.41) is 3.40. The second-order valence-electron chi connectivity index (χ2n) is 5.75. The van der Waals surface area contributed by atoms with Gasteiger partial charge in [-0.3, -0.25) is 0 Å². The zero-order chi connectivity index (χ0) is 16.2. The number of nitrogens with zero attached hydrogens (tertiary/aromatic N) is 4. The van der Waals surface area contributed by atoms with Crippen molar-refractivity contribution in [1.29, 1.82) is 0 Å². The van der Waals surface area contributed by atoms with Gasteiger partial charge in [0.1, 0.15) is 17.5 Å². The summed E-state index contributed by atoms with van der Waals surface area (Å²) in [7, 11) is 2.08. The topological polar surface area (TPSA) is 55.6 Å². The van der Waals surface area contributed by atoms with Crippen LogP contribution in [0.5, 0.6) is 0 Å². The summed E-state index contributed by atoms with van der Waals surface area (Å²) in [4.78, 5) is 13.5. The van der Waals surface area contributed by atoms with Crippen LogP contribution in [-0.4, -0.2) is 26.1 Å². The lowest BCUT2D eigenvalue weighted by atomic mass is 10.3. The number of aromatic nitrogens is 4. The van der Waals surface area contributed by atoms with Gasteiger partial charge in [0.25, 0.3) is 0 Å². The number of hydrogen-bond donors (Lipinski definition) is 1. The molecule has 0 spiro atoms. The first kappa shape index (κ1) is 15.5. The third-order valence-corrected chi connectivity index (χ3v) is 4.02. The third-order valence-electron chi connectivity index (χ3n) is 4.02. The normalized spacial score (nSPS) is 11.1. The molecule has 0 unspecified atom stereocenters. The number of anilines is 1. The highest BCUT2D eigenvalue weighted by Crippen LogP contribution is 2.15. The van der Waals surface area contributed by atoms with Gasteiger partial charge >= 0.3 is 0 Å². The Balaban J connectivity index is 1.59. The molecule has 23 heavy (non-hydrogen) atoms. The van der Waals surface area contributed by atoms with E-state index in [0.29, 0.717) is 0 Å². The number of nitrogens with one attached hydrogen (secondary N) is 1. The Bertz CT molecular complexity index is 806. The van der Waals surface area contributed by atoms with Crippen LogP contribution in [0.3, 0.4) is 0 Å². The van der Waals surface area contributed by atoms with Crippen molar-refractivity contribution < 1.29 is 0 Å². The lowest BCUT2D eigenvalue weighted by Crippen LogP contribution is -2.08. The van der Waals surface area contributed by atoms with Gasteiger partial charge in [0.2, 0.25) is 0 Å². The largest absolute Gasteiger partial charge is 0.370 e. The van der Waals surface area contributed by atoms with E-state index in [4.69, 9.17) is 4.98 Å². The van der Waals surface area contributed by atoms with Crippen molar-refractivity contribution in [3.8, 4) is 0 Å². The van der Waals surface area contributed by atoms with Crippen LogP contribution in [0.15, 0.2) is 30.3 Å². The molecule has 0 aliphatic heterocycles. The number of para-hydroxylation sites is 2. The molecule has 2 heterocycles. The SMILES string of the molecule is CCc1cc(NCCCc2nc3ccccc3n2C)nc(C)n1. The summed E-state index contributed by atoms with van der Waals surface area (Å²) >= 11 is 0. The van der Waals surface area contributed by atoms with Crippen LogP contribution in [-0.2, 0) is 19.9 Å². The predicted octanol–water partition coefficient (Wildman–Crippen LogP) is 3.28. The first-order valence-corrected chi connectivity index (χ1v) is 8.16. The zero-order valence-corrected chi connectivity index (χ0v) is 14.0. The molecule has 0 radical (unpaired) electrons. The Morgan fingerprint density at radius 2 is 1.96 bits per heavy atom. The van der Waals surface area contributed by atoms with E-state index in [1.165, 1.54) is 5.52 Å². The van der Waals surface area contributed by atoms with Gasteiger partial charge < -0.3 is 9.88 Å². The van der Waals surface area contributed by atoms with Crippen LogP contribution in [0.2, 0.25) is 0 Å². The van der Waals surface area contributed by atoms with Crippen LogP contribution in [0.25, 0.3) is 11.0 Å². The summed E-state index contributed by atoms with van der Waals surface area (Å²) in [5.74, 6) is 2.86. The maximum absolute atomic E-state index is 4.71. The highest BCUT2D eigenvalue weighted by Gasteiger charge is 2.06. The number of aryl methyl sites for hydroxylation is 4. The fourth-order valence-electron chi connectivity index (χ4n) is 2.78. The number of benzene rings is 1. The highest BCUT2D eigenvalue weighted by atomic mass is 15.1. The van der Waals surface area contributed by atoms with Crippen molar-refractivity contribution in [2.24, 2.45) is 7.05 Å². The van der Waals surface area contributed by atoms with Crippen LogP contribution >= 0.6 is 0 Å². The summed E-state index contributed by atoms with van der Waals surface area (Å²) in [6.07, 6.45) is 2.89. The van der Waals surface area contributed by atoms with Gasteiger partial charge in [0, 0.05) is 31.8 Å². The molecular weight excluding hydrogens is 286 g/mol. The van der Waals surface area contributed by atoms with E-state index in [0.717, 1.165) is 54.5 Å². The lowest BCUT2D eigenvalue weighted by molar-refractivity contribution is 0.751. The quantitative estimate of drug-likeness (QED) is 0.710. The van der Waals surface area contributed by atoms with E-state index in [2.05, 4.69) is 52.0 Å². The van der Waals surface area contributed by atoms with Gasteiger partial charge in [0.15, 0.2) is 0 Å². The predicted molar refractivity (Wildman–Crippen MR) is 93.7 cm³/mol. The Morgan fingerprint density at radius 1 is 1.13 bits per heavy atom. The van der Waals surface area contributed by atoms with Crippen LogP contribution in [0.1, 0.15) is 30.7 Å². The molecule has 0 saturated carbocycles. The fourth-order valence-corrected chi connectivity index (χ4v) is 2.78. The minimum Gasteiger partial charge on any atom is -0.370 e. The van der Waals surface area contributed by atoms with E-state index in [-0.39, 0.29) is 0 Å². The van der Waals surface area contributed by atoms with Gasteiger partial charge in [-0.25, -0.2) is 15.0 Å². The monoisotopic (exact) mass is 309 g/mol. The maximum Gasteiger partial charge on any atom is 0.129 e. The standard InChI is InChI=1S/C18H23N5/c1-4-14-12-17(21-13(2)20-14)19-11-7-10-18-22-15-8-5-6-9-16(15)23(18)3/h5-6,8-9,12H,4,7,10-11H2,1-3H3,(H,19,20,21). The van der Waals surface area contributed by atoms with Gasteiger partial charge in [-0.1, -0.05) is 19.1 Å². The summed E-state index contributed by atoms with van der Waals surface area (Å²) in [6, 6.07) is 10.3. The molecule has 120 valence electrons. The summed E-state index contributed by atoms with van der Waals surface area (Å²) < 4.78 is 2.18. The molecule has 1 N–H and O–H groups in total. The molecule has 5 nitrogen and oxygen atoms in total. The molecule has 0 aliphatic rings. The molecule has 3 rings (SSSR count). The number of rotatable bonds is 6. The maximum atomic E-state index is 4.71. The molecule has 0 saturated heterocycles. The van der Waals surface area contributed by atoms with Crippen LogP contribution in [0.4, 0.5) is 5.82 Å². The molecule has 0 amide bonds. The average molecular weight is 309 g/mol. The number of hydrogen-bond acceptors (Lipinski definition) is 4. The molecule has 0 atom stereocenters. The van der Waals surface area contributed by atoms with Crippen LogP contribution < -0.4 is 5.32 Å². The Hall–Kier alpha value is -2.43. The van der Waals surface area contributed by atoms with E-state index >= 15 is 0 Å². The number of fused-ring (bicyclic) bond motifs is 1. The smallest absolute Gasteiger partial charge is 0.129 e. The van der Waals surface area contributed by atoms with E-state index in [1.807, 2.05) is 19.1 Å². The molecule has 3 aromatic rings. The average Bonchev–Trinajstić information content (AvgIpc) is 2.88. The van der Waals surface area contributed by atoms with Crippen molar-refractivity contribution in [2.45, 2.75) is 33.1 Å². The first-order chi connectivity index (χ1) is 11.2. The molecule has 1 aromatic carbocycles. The van der Waals surface area contributed by atoms with Crippen molar-refractivity contribution in [2.75, 3.05) is 11.9 Å². The second kappa shape index (κ2) is 6.77. The molecule has 0 bridgehead atoms. The second-order valence-corrected chi connectivity index (χ2v) is 5.75. The van der Waals surface area contributed by atoms with Gasteiger partial charge in [-0.15, -0.1) is 0 Å². The van der Waals surface area contributed by atoms with Crippen molar-refractivity contribution in [1.82, 2.24) is 19.5 Å². The van der Waals surface area contributed by atoms with Crippen molar-refractivity contribution in [3.05, 3.63) is 47.7 Å². The molecule has 2 aromatic heterocycles. The fraction of sp³-hybridized carbons (Fsp3) is 0.389. The zero-order valence-electron chi connectivity index (χ0n) is 14.0. The van der Waals surface area contributed by atoms with Crippen molar-refractivity contribution >= 4 is 16.9 Å². The Kier molecular flexibility index (Phi) is 4.55. The first-order valence-electron chi connectivity index (χ1n) is 8.16. The van der Waals surface area contributed by atoms with Crippen molar-refractivity contribution in [3.63, 3.8) is 0 Å². The minimum absolute atomic E-state index is 0.821. The minimum atomic E-state index is 0.821. The van der Waals surface area contributed by atoms with E-state index < -0.39 is 0 Å².